The third-order valence-corrected chi connectivity index (χ3v) is 6.54. The molecule has 0 unspecified atom stereocenters. The molecule has 1 heterocycles. The smallest absolute Gasteiger partial charge is 0.343 e. The molecule has 3 aromatic rings. The Morgan fingerprint density at radius 3 is 1.72 bits per heavy atom. The number of esters is 2. The van der Waals surface area contributed by atoms with Crippen LogP contribution >= 0.6 is 0 Å². The van der Waals surface area contributed by atoms with E-state index in [0.29, 0.717) is 0 Å². The van der Waals surface area contributed by atoms with Gasteiger partial charge in [0.15, 0.2) is 29.5 Å². The van der Waals surface area contributed by atoms with Crippen molar-refractivity contribution in [1.29, 1.82) is 0 Å². The predicted molar refractivity (Wildman–Crippen MR) is 146 cm³/mol. The summed E-state index contributed by atoms with van der Waals surface area (Å²) in [6, 6.07) is 4.20. The maximum atomic E-state index is 13.3. The molecule has 0 saturated heterocycles. The van der Waals surface area contributed by atoms with Crippen LogP contribution < -0.4 is 14.9 Å². The van der Waals surface area contributed by atoms with Crippen LogP contribution in [0.15, 0.2) is 39.5 Å². The number of aliphatic hydroxyl groups excluding tert-OH is 10. The number of hydrogen-bond acceptors (Lipinski definition) is 19. The minimum Gasteiger partial charge on any atom is -0.508 e. The molecule has 8 atom stereocenters. The van der Waals surface area contributed by atoms with Gasteiger partial charge in [-0.25, -0.2) is 9.59 Å². The van der Waals surface area contributed by atoms with E-state index >= 15 is 0 Å². The van der Waals surface area contributed by atoms with Gasteiger partial charge in [-0.1, -0.05) is 0 Å². The van der Waals surface area contributed by atoms with E-state index in [4.69, 9.17) is 24.1 Å². The molecule has 0 spiro atoms. The molecule has 0 fully saturated rings. The van der Waals surface area contributed by atoms with Crippen LogP contribution in [-0.2, 0) is 9.59 Å². The summed E-state index contributed by atoms with van der Waals surface area (Å²) in [5, 5.41) is 126. The summed E-state index contributed by atoms with van der Waals surface area (Å²) in [6.45, 7) is -2.11. The summed E-state index contributed by atoms with van der Waals surface area (Å²) >= 11 is 0. The van der Waals surface area contributed by atoms with Crippen molar-refractivity contribution >= 4 is 22.9 Å². The summed E-state index contributed by atoms with van der Waals surface area (Å²) < 4.78 is 15.3. The van der Waals surface area contributed by atoms with Gasteiger partial charge in [0.05, 0.1) is 13.2 Å². The quantitative estimate of drug-likeness (QED) is 0.0605. The molecular formula is C27H30O19. The number of fused-ring (bicyclic) bond motifs is 1. The van der Waals surface area contributed by atoms with Crippen molar-refractivity contribution in [1.82, 2.24) is 0 Å². The minimum absolute atomic E-state index is 0.338. The van der Waals surface area contributed by atoms with E-state index in [1.165, 1.54) is 0 Å². The second-order valence-corrected chi connectivity index (χ2v) is 9.80. The van der Waals surface area contributed by atoms with Crippen molar-refractivity contribution in [2.45, 2.75) is 48.8 Å². The molecule has 252 valence electrons. The Hall–Kier alpha value is -4.41. The first-order chi connectivity index (χ1) is 21.5. The van der Waals surface area contributed by atoms with E-state index in [2.05, 4.69) is 0 Å². The molecule has 46 heavy (non-hydrogen) atoms. The maximum Gasteiger partial charge on any atom is 0.343 e. The van der Waals surface area contributed by atoms with Gasteiger partial charge in [-0.05, 0) is 18.2 Å². The fraction of sp³-hybridized carbons (Fsp3) is 0.370. The molecule has 19 nitrogen and oxygen atoms in total. The lowest BCUT2D eigenvalue weighted by molar-refractivity contribution is -0.162. The van der Waals surface area contributed by atoms with E-state index in [-0.39, 0.29) is 5.56 Å². The number of carbonyl (C=O) groups excluding carboxylic acids is 2. The first-order valence-corrected chi connectivity index (χ1v) is 13.0. The number of aliphatic hydroxyl groups is 10. The second-order valence-electron chi connectivity index (χ2n) is 9.80. The average molecular weight is 659 g/mol. The van der Waals surface area contributed by atoms with E-state index in [0.717, 1.165) is 30.3 Å². The van der Waals surface area contributed by atoms with Crippen molar-refractivity contribution in [3.8, 4) is 40.1 Å². The van der Waals surface area contributed by atoms with Gasteiger partial charge in [0.1, 0.15) is 59.1 Å². The third kappa shape index (κ3) is 7.51. The molecule has 0 aliphatic rings. The fourth-order valence-electron chi connectivity index (χ4n) is 3.95. The van der Waals surface area contributed by atoms with Crippen LogP contribution in [0.2, 0.25) is 0 Å². The molecule has 19 heteroatoms. The normalized spacial score (nSPS) is 16.9. The highest BCUT2D eigenvalue weighted by molar-refractivity contribution is 5.90. The number of hydrogen-bond donors (Lipinski definition) is 13. The number of benzene rings is 2. The Labute approximate surface area is 255 Å². The maximum absolute atomic E-state index is 13.3. The summed E-state index contributed by atoms with van der Waals surface area (Å²) in [7, 11) is 0. The average Bonchev–Trinajstić information content (AvgIpc) is 3.03. The van der Waals surface area contributed by atoms with E-state index < -0.39 is 125 Å². The Morgan fingerprint density at radius 1 is 0.696 bits per heavy atom. The van der Waals surface area contributed by atoms with Crippen LogP contribution in [0.4, 0.5) is 0 Å². The van der Waals surface area contributed by atoms with Crippen molar-refractivity contribution in [2.75, 3.05) is 13.2 Å². The van der Waals surface area contributed by atoms with Gasteiger partial charge in [-0.2, -0.15) is 0 Å². The molecule has 2 aromatic carbocycles. The van der Waals surface area contributed by atoms with Gasteiger partial charge in [-0.15, -0.1) is 0 Å². The van der Waals surface area contributed by atoms with Crippen molar-refractivity contribution < 1.29 is 89.9 Å². The lowest BCUT2D eigenvalue weighted by Gasteiger charge is -2.24. The zero-order valence-electron chi connectivity index (χ0n) is 23.2. The molecule has 3 rings (SSSR count). The Bertz CT molecular complexity index is 1620. The first kappa shape index (κ1) is 36.1. The number of phenolic OH excluding ortho intramolecular Hbond substituents is 3. The number of phenols is 3. The van der Waals surface area contributed by atoms with Gasteiger partial charge in [0.25, 0.3) is 0 Å². The van der Waals surface area contributed by atoms with Gasteiger partial charge >= 0.3 is 11.9 Å². The van der Waals surface area contributed by atoms with Crippen LogP contribution in [-0.4, -0.2) is 140 Å². The highest BCUT2D eigenvalue weighted by Crippen LogP contribution is 2.39. The molecule has 0 aliphatic heterocycles. The second kappa shape index (κ2) is 14.8. The zero-order valence-corrected chi connectivity index (χ0v) is 23.2. The van der Waals surface area contributed by atoms with E-state index in [1.54, 1.807) is 0 Å². The summed E-state index contributed by atoms with van der Waals surface area (Å²) in [5.74, 6) is -8.29. The molecular weight excluding hydrogens is 628 g/mol. The molecule has 13 N–H and O–H groups in total. The number of aromatic hydroxyl groups is 3. The molecule has 0 radical (unpaired) electrons. The fourth-order valence-corrected chi connectivity index (χ4v) is 3.95. The third-order valence-electron chi connectivity index (χ3n) is 6.54. The largest absolute Gasteiger partial charge is 0.508 e. The molecule has 0 bridgehead atoms. The summed E-state index contributed by atoms with van der Waals surface area (Å²) in [6.07, 6.45) is -18.3. The highest BCUT2D eigenvalue weighted by Gasteiger charge is 2.38. The molecule has 0 amide bonds. The van der Waals surface area contributed by atoms with E-state index in [9.17, 15) is 70.6 Å². The van der Waals surface area contributed by atoms with Gasteiger partial charge in [-0.3, -0.25) is 4.79 Å². The van der Waals surface area contributed by atoms with Crippen molar-refractivity contribution in [3.63, 3.8) is 0 Å². The Morgan fingerprint density at radius 2 is 1.22 bits per heavy atom. The van der Waals surface area contributed by atoms with Crippen LogP contribution in [0.5, 0.6) is 28.7 Å². The molecule has 0 aliphatic carbocycles. The van der Waals surface area contributed by atoms with Crippen molar-refractivity contribution in [2.24, 2.45) is 0 Å². The molecule has 0 saturated carbocycles. The number of rotatable bonds is 13. The van der Waals surface area contributed by atoms with Crippen LogP contribution in [0.3, 0.4) is 0 Å². The van der Waals surface area contributed by atoms with Gasteiger partial charge in [0.2, 0.25) is 11.2 Å². The SMILES string of the molecule is O=C(Oc1ccc(-c2oc3cc(O)cc(O)c3c(=O)c2OC(=O)[C@H](O)[C@@H](O)[C@H](O)[C@H](O)CO)cc1O)[C@H](O)[C@@H](O)[C@H](O)[C@H](O)CO. The Kier molecular flexibility index (Phi) is 11.6. The predicted octanol–water partition coefficient (Wildman–Crippen LogP) is -4.74. The van der Waals surface area contributed by atoms with E-state index in [1.807, 2.05) is 0 Å². The zero-order chi connectivity index (χ0) is 34.6. The number of carbonyl (C=O) groups is 2. The van der Waals surface area contributed by atoms with Gasteiger partial charge < -0.3 is 80.3 Å². The topological polar surface area (TPSA) is 346 Å². The van der Waals surface area contributed by atoms with Crippen LogP contribution in [0, 0.1) is 0 Å². The lowest BCUT2D eigenvalue weighted by Crippen LogP contribution is -2.49. The van der Waals surface area contributed by atoms with Crippen LogP contribution in [0.25, 0.3) is 22.3 Å². The monoisotopic (exact) mass is 658 g/mol. The Balaban J connectivity index is 2.03. The van der Waals surface area contributed by atoms with Crippen LogP contribution in [0.1, 0.15) is 0 Å². The molecule has 1 aromatic heterocycles. The lowest BCUT2D eigenvalue weighted by atomic mass is 10.0. The van der Waals surface area contributed by atoms with Gasteiger partial charge in [0, 0.05) is 17.7 Å². The highest BCUT2D eigenvalue weighted by atomic mass is 16.6. The first-order valence-electron chi connectivity index (χ1n) is 13.0. The minimum atomic E-state index is -2.64. The summed E-state index contributed by atoms with van der Waals surface area (Å²) in [4.78, 5) is 38.3. The standard InChI is InChI=1S/C27H30O19/c28-6-12(33)17(35)20(38)22(40)26(42)45-14-2-1-8(3-10(14)31)24-25(19(37)16-11(32)4-9(30)5-15(16)44-24)46-27(43)23(41)21(39)18(36)13(34)7-29/h1-5,12-13,17-18,20-23,28-36,38-41H,6-7H2/t12-,13-,17-,18-,20+,21+,22-,23-/m1/s1. The summed E-state index contributed by atoms with van der Waals surface area (Å²) in [5.41, 5.74) is -2.12. The van der Waals surface area contributed by atoms with Crippen molar-refractivity contribution in [3.05, 3.63) is 40.6 Å². The number of ether oxygens (including phenoxy) is 2.